The number of aryl methyl sites for hydroxylation is 4. The molecule has 0 saturated heterocycles. The van der Waals surface area contributed by atoms with E-state index >= 15 is 0 Å². The van der Waals surface area contributed by atoms with Crippen LogP contribution in [0.25, 0.3) is 0 Å². The van der Waals surface area contributed by atoms with Crippen molar-refractivity contribution in [3.05, 3.63) is 32.0 Å². The lowest BCUT2D eigenvalue weighted by molar-refractivity contribution is 0.520. The lowest BCUT2D eigenvalue weighted by Crippen LogP contribution is -2.24. The number of likely N-dealkylation sites (N-methyl/N-ethyl adjacent to an activating group) is 1. The molecule has 0 spiro atoms. The fourth-order valence-electron chi connectivity index (χ4n) is 2.63. The lowest BCUT2D eigenvalue weighted by Gasteiger charge is -2.18. The van der Waals surface area contributed by atoms with E-state index in [0.717, 1.165) is 46.6 Å². The third-order valence-electron chi connectivity index (χ3n) is 3.56. The van der Waals surface area contributed by atoms with Crippen LogP contribution in [-0.4, -0.2) is 21.3 Å². The summed E-state index contributed by atoms with van der Waals surface area (Å²) in [4.78, 5) is 5.85. The third-order valence-corrected chi connectivity index (χ3v) is 5.23. The zero-order valence-corrected chi connectivity index (χ0v) is 14.9. The normalized spacial score (nSPS) is 12.9. The fourth-order valence-corrected chi connectivity index (χ4v) is 3.85. The molecule has 0 bridgehead atoms. The molecule has 4 nitrogen and oxygen atoms in total. The second-order valence-electron chi connectivity index (χ2n) is 5.16. The van der Waals surface area contributed by atoms with Gasteiger partial charge in [0, 0.05) is 23.9 Å². The Morgan fingerprint density at radius 3 is 2.48 bits per heavy atom. The molecule has 21 heavy (non-hydrogen) atoms. The predicted octanol–water partition coefficient (Wildman–Crippen LogP) is 3.83. The number of halogens is 1. The quantitative estimate of drug-likeness (QED) is 0.877. The van der Waals surface area contributed by atoms with Gasteiger partial charge in [0.1, 0.15) is 0 Å². The van der Waals surface area contributed by atoms with E-state index in [4.69, 9.17) is 11.6 Å². The summed E-state index contributed by atoms with van der Waals surface area (Å²) in [6.45, 7) is 12.1. The van der Waals surface area contributed by atoms with Crippen molar-refractivity contribution in [2.75, 3.05) is 6.54 Å². The van der Waals surface area contributed by atoms with Crippen LogP contribution in [0.4, 0.5) is 0 Å². The number of nitrogens with one attached hydrogen (secondary N) is 1. The number of hydrogen-bond acceptors (Lipinski definition) is 4. The highest BCUT2D eigenvalue weighted by atomic mass is 35.5. The zero-order chi connectivity index (χ0) is 15.6. The van der Waals surface area contributed by atoms with Gasteiger partial charge in [-0.25, -0.2) is 4.98 Å². The minimum atomic E-state index is 0.236. The summed E-state index contributed by atoms with van der Waals surface area (Å²) in [5.74, 6) is 0. The smallest absolute Gasteiger partial charge is 0.0900 e. The van der Waals surface area contributed by atoms with Crippen LogP contribution in [0.15, 0.2) is 0 Å². The van der Waals surface area contributed by atoms with E-state index in [2.05, 4.69) is 43.1 Å². The maximum absolute atomic E-state index is 6.45. The molecule has 2 heterocycles. The van der Waals surface area contributed by atoms with Crippen molar-refractivity contribution in [3.63, 3.8) is 0 Å². The summed E-state index contributed by atoms with van der Waals surface area (Å²) >= 11 is 8.21. The molecular weight excluding hydrogens is 304 g/mol. The summed E-state index contributed by atoms with van der Waals surface area (Å²) < 4.78 is 2.01. The van der Waals surface area contributed by atoms with Crippen molar-refractivity contribution < 1.29 is 0 Å². The van der Waals surface area contributed by atoms with Gasteiger partial charge in [-0.15, -0.1) is 11.3 Å². The van der Waals surface area contributed by atoms with Crippen molar-refractivity contribution in [3.8, 4) is 0 Å². The van der Waals surface area contributed by atoms with Gasteiger partial charge in [0.05, 0.1) is 27.1 Å². The van der Waals surface area contributed by atoms with Gasteiger partial charge >= 0.3 is 0 Å². The molecule has 116 valence electrons. The largest absolute Gasteiger partial charge is 0.309 e. The van der Waals surface area contributed by atoms with Crippen LogP contribution >= 0.6 is 22.9 Å². The maximum atomic E-state index is 6.45. The van der Waals surface area contributed by atoms with Gasteiger partial charge in [-0.05, 0) is 34.2 Å². The minimum Gasteiger partial charge on any atom is -0.309 e. The first-order valence-corrected chi connectivity index (χ1v) is 8.56. The summed E-state index contributed by atoms with van der Waals surface area (Å²) in [5.41, 5.74) is 3.12. The number of nitrogens with zero attached hydrogens (tertiary/aromatic N) is 3. The van der Waals surface area contributed by atoms with Crippen LogP contribution in [-0.2, 0) is 13.0 Å². The molecule has 6 heteroatoms. The highest BCUT2D eigenvalue weighted by molar-refractivity contribution is 7.11. The van der Waals surface area contributed by atoms with Crippen molar-refractivity contribution >= 4 is 22.9 Å². The van der Waals surface area contributed by atoms with Crippen LogP contribution in [0, 0.1) is 20.8 Å². The molecule has 1 N–H and O–H groups in total. The molecule has 0 aliphatic heterocycles. The summed E-state index contributed by atoms with van der Waals surface area (Å²) in [7, 11) is 0. The summed E-state index contributed by atoms with van der Waals surface area (Å²) in [5, 5.41) is 9.97. The topological polar surface area (TPSA) is 42.7 Å². The van der Waals surface area contributed by atoms with Crippen LogP contribution in [0.1, 0.15) is 46.9 Å². The van der Waals surface area contributed by atoms with E-state index in [-0.39, 0.29) is 6.04 Å². The molecule has 0 aliphatic carbocycles. The first kappa shape index (κ1) is 16.5. The maximum Gasteiger partial charge on any atom is 0.0900 e. The number of aromatic nitrogens is 3. The Morgan fingerprint density at radius 1 is 1.24 bits per heavy atom. The highest BCUT2D eigenvalue weighted by Crippen LogP contribution is 2.30. The van der Waals surface area contributed by atoms with E-state index in [1.807, 2.05) is 11.6 Å². The van der Waals surface area contributed by atoms with Gasteiger partial charge < -0.3 is 5.32 Å². The lowest BCUT2D eigenvalue weighted by atomic mass is 10.1. The molecule has 2 aromatic rings. The minimum absolute atomic E-state index is 0.236. The van der Waals surface area contributed by atoms with Crippen molar-refractivity contribution in [2.45, 2.75) is 53.6 Å². The van der Waals surface area contributed by atoms with Crippen molar-refractivity contribution in [1.82, 2.24) is 20.1 Å². The Kier molecular flexibility index (Phi) is 5.41. The molecule has 1 atom stereocenters. The average Bonchev–Trinajstić information content (AvgIpc) is 2.91. The van der Waals surface area contributed by atoms with Crippen molar-refractivity contribution in [2.24, 2.45) is 0 Å². The Bertz CT molecular complexity index is 617. The van der Waals surface area contributed by atoms with Gasteiger partial charge in [0.2, 0.25) is 0 Å². The Balaban J connectivity index is 2.35. The molecule has 2 rings (SSSR count). The summed E-state index contributed by atoms with van der Waals surface area (Å²) in [6.07, 6.45) is 0.837. The molecule has 1 unspecified atom stereocenters. The molecule has 0 radical (unpaired) electrons. The number of rotatable bonds is 6. The number of hydrogen-bond donors (Lipinski definition) is 1. The molecule has 0 aromatic carbocycles. The van der Waals surface area contributed by atoms with Gasteiger partial charge in [-0.2, -0.15) is 5.10 Å². The molecule has 0 aliphatic rings. The first-order valence-electron chi connectivity index (χ1n) is 7.36. The average molecular weight is 327 g/mol. The standard InChI is InChI=1S/C15H23ClN4S/c1-6-17-12(15-10(4)18-11(5)21-15)8-13-14(16)9(3)19-20(13)7-2/h12,17H,6-8H2,1-5H3. The Labute approximate surface area is 135 Å². The van der Waals surface area contributed by atoms with Gasteiger partial charge in [0.15, 0.2) is 0 Å². The predicted molar refractivity (Wildman–Crippen MR) is 89.4 cm³/mol. The highest BCUT2D eigenvalue weighted by Gasteiger charge is 2.22. The molecular formula is C15H23ClN4S. The molecule has 0 fully saturated rings. The van der Waals surface area contributed by atoms with Gasteiger partial charge in [0.25, 0.3) is 0 Å². The molecule has 2 aromatic heterocycles. The monoisotopic (exact) mass is 326 g/mol. The Hall–Kier alpha value is -0.910. The van der Waals surface area contributed by atoms with Crippen LogP contribution < -0.4 is 5.32 Å². The van der Waals surface area contributed by atoms with Crippen LogP contribution in [0.2, 0.25) is 5.02 Å². The Morgan fingerprint density at radius 2 is 1.95 bits per heavy atom. The second-order valence-corrected chi connectivity index (χ2v) is 6.77. The van der Waals surface area contributed by atoms with Crippen LogP contribution in [0.5, 0.6) is 0 Å². The van der Waals surface area contributed by atoms with Gasteiger partial charge in [-0.3, -0.25) is 4.68 Å². The SMILES string of the molecule is CCNC(Cc1c(Cl)c(C)nn1CC)c1sc(C)nc1C. The molecule has 0 saturated carbocycles. The van der Waals surface area contributed by atoms with Gasteiger partial charge in [-0.1, -0.05) is 18.5 Å². The first-order chi connectivity index (χ1) is 9.97. The van der Waals surface area contributed by atoms with Crippen molar-refractivity contribution in [1.29, 1.82) is 0 Å². The zero-order valence-electron chi connectivity index (χ0n) is 13.3. The fraction of sp³-hybridized carbons (Fsp3) is 0.600. The number of thiazole rings is 1. The molecule has 0 amide bonds. The third kappa shape index (κ3) is 3.47. The van der Waals surface area contributed by atoms with E-state index < -0.39 is 0 Å². The second kappa shape index (κ2) is 6.90. The van der Waals surface area contributed by atoms with E-state index in [1.165, 1.54) is 4.88 Å². The summed E-state index contributed by atoms with van der Waals surface area (Å²) in [6, 6.07) is 0.236. The van der Waals surface area contributed by atoms with E-state index in [9.17, 15) is 0 Å². The van der Waals surface area contributed by atoms with E-state index in [0.29, 0.717) is 0 Å². The van der Waals surface area contributed by atoms with Crippen LogP contribution in [0.3, 0.4) is 0 Å². The van der Waals surface area contributed by atoms with E-state index in [1.54, 1.807) is 11.3 Å².